The van der Waals surface area contributed by atoms with Gasteiger partial charge in [-0.3, -0.25) is 9.48 Å². The average molecular weight is 391 g/mol. The number of nitrogens with zero attached hydrogens (tertiary/aromatic N) is 3. The molecule has 3 heterocycles. The maximum Gasteiger partial charge on any atom is 0.261 e. The molecule has 7 heteroatoms. The van der Waals surface area contributed by atoms with E-state index in [-0.39, 0.29) is 11.9 Å². The molecule has 5 nitrogen and oxygen atoms in total. The maximum atomic E-state index is 12.7. The Morgan fingerprint density at radius 3 is 2.77 bits per heavy atom. The minimum atomic E-state index is -0.00916. The molecule has 3 aromatic heterocycles. The Morgan fingerprint density at radius 2 is 2.15 bits per heavy atom. The number of carbonyl (C=O) groups excluding carboxylic acids is 1. The monoisotopic (exact) mass is 390 g/mol. The van der Waals surface area contributed by atoms with Crippen LogP contribution in [0.3, 0.4) is 0 Å². The van der Waals surface area contributed by atoms with E-state index in [1.54, 1.807) is 11.3 Å². The lowest BCUT2D eigenvalue weighted by Gasteiger charge is -2.23. The molecule has 0 bridgehead atoms. The second-order valence-corrected chi connectivity index (χ2v) is 9.21. The number of nitrogens with one attached hydrogen (secondary N) is 1. The standard InChI is InChI=1S/C19H26N4OS2/c1-12(2)11-23-19-14(13(3)21-23)9-17(26-19)18(24)20-10-15(22(4)5)16-7-6-8-25-16/h6-9,12,15H,10-11H2,1-5H3,(H,20,24). The van der Waals surface area contributed by atoms with E-state index in [0.29, 0.717) is 12.5 Å². The van der Waals surface area contributed by atoms with Gasteiger partial charge in [0.1, 0.15) is 4.83 Å². The third-order valence-corrected chi connectivity index (χ3v) is 6.44. The second-order valence-electron chi connectivity index (χ2n) is 7.20. The Labute approximate surface area is 162 Å². The zero-order valence-corrected chi connectivity index (χ0v) is 17.6. The molecule has 0 aliphatic heterocycles. The van der Waals surface area contributed by atoms with Gasteiger partial charge in [-0.1, -0.05) is 19.9 Å². The molecule has 0 aliphatic carbocycles. The van der Waals surface area contributed by atoms with Crippen LogP contribution in [0.15, 0.2) is 23.6 Å². The van der Waals surface area contributed by atoms with Gasteiger partial charge in [0.2, 0.25) is 0 Å². The molecule has 0 spiro atoms. The van der Waals surface area contributed by atoms with Crippen molar-refractivity contribution in [2.24, 2.45) is 5.92 Å². The van der Waals surface area contributed by atoms with Crippen LogP contribution >= 0.6 is 22.7 Å². The molecule has 0 radical (unpaired) electrons. The summed E-state index contributed by atoms with van der Waals surface area (Å²) < 4.78 is 2.03. The SMILES string of the molecule is Cc1nn(CC(C)C)c2sc(C(=O)NCC(c3cccs3)N(C)C)cc12. The number of aryl methyl sites for hydroxylation is 1. The van der Waals surface area contributed by atoms with Gasteiger partial charge >= 0.3 is 0 Å². The number of thiophene rings is 2. The van der Waals surface area contributed by atoms with Gasteiger partial charge in [0, 0.05) is 23.4 Å². The Hall–Kier alpha value is -1.70. The van der Waals surface area contributed by atoms with Crippen molar-refractivity contribution in [3.8, 4) is 0 Å². The first-order valence-corrected chi connectivity index (χ1v) is 10.5. The van der Waals surface area contributed by atoms with Crippen LogP contribution in [0.4, 0.5) is 0 Å². The van der Waals surface area contributed by atoms with E-state index in [4.69, 9.17) is 0 Å². The maximum absolute atomic E-state index is 12.7. The predicted octanol–water partition coefficient (Wildman–Crippen LogP) is 4.16. The predicted molar refractivity (Wildman–Crippen MR) is 110 cm³/mol. The lowest BCUT2D eigenvalue weighted by atomic mass is 10.2. The molecule has 140 valence electrons. The molecule has 1 N–H and O–H groups in total. The summed E-state index contributed by atoms with van der Waals surface area (Å²) in [6.07, 6.45) is 0. The lowest BCUT2D eigenvalue weighted by Crippen LogP contribution is -2.33. The van der Waals surface area contributed by atoms with Crippen molar-refractivity contribution >= 4 is 38.8 Å². The van der Waals surface area contributed by atoms with E-state index in [0.717, 1.165) is 27.3 Å². The fourth-order valence-corrected chi connectivity index (χ4v) is 5.00. The smallest absolute Gasteiger partial charge is 0.261 e. The summed E-state index contributed by atoms with van der Waals surface area (Å²) in [5.74, 6) is 0.508. The van der Waals surface area contributed by atoms with Crippen molar-refractivity contribution in [1.82, 2.24) is 20.0 Å². The van der Waals surface area contributed by atoms with Crippen LogP contribution in [0, 0.1) is 12.8 Å². The first kappa shape index (κ1) is 19.1. The van der Waals surface area contributed by atoms with Crippen molar-refractivity contribution in [1.29, 1.82) is 0 Å². The molecule has 1 atom stereocenters. The Bertz CT molecular complexity index is 877. The van der Waals surface area contributed by atoms with Gasteiger partial charge in [0.25, 0.3) is 5.91 Å². The molecule has 0 saturated carbocycles. The van der Waals surface area contributed by atoms with Crippen LogP contribution in [0.2, 0.25) is 0 Å². The van der Waals surface area contributed by atoms with Crippen LogP contribution in [0.5, 0.6) is 0 Å². The Morgan fingerprint density at radius 1 is 1.38 bits per heavy atom. The topological polar surface area (TPSA) is 50.2 Å². The number of amides is 1. The molecule has 1 amide bonds. The average Bonchev–Trinajstić information content (AvgIpc) is 3.27. The zero-order valence-electron chi connectivity index (χ0n) is 15.9. The van der Waals surface area contributed by atoms with Gasteiger partial charge < -0.3 is 10.2 Å². The summed E-state index contributed by atoms with van der Waals surface area (Å²) in [5.41, 5.74) is 0.987. The highest BCUT2D eigenvalue weighted by atomic mass is 32.1. The van der Waals surface area contributed by atoms with Gasteiger partial charge in [-0.25, -0.2) is 0 Å². The molecule has 0 saturated heterocycles. The molecule has 3 aromatic rings. The van der Waals surface area contributed by atoms with Crippen LogP contribution in [-0.2, 0) is 6.54 Å². The highest BCUT2D eigenvalue weighted by Gasteiger charge is 2.20. The third-order valence-electron chi connectivity index (χ3n) is 4.32. The van der Waals surface area contributed by atoms with Crippen LogP contribution in [0.1, 0.15) is 40.1 Å². The third kappa shape index (κ3) is 4.00. The Balaban J connectivity index is 1.75. The van der Waals surface area contributed by atoms with Gasteiger partial charge in [0.15, 0.2) is 0 Å². The van der Waals surface area contributed by atoms with Gasteiger partial charge in [-0.15, -0.1) is 22.7 Å². The quantitative estimate of drug-likeness (QED) is 0.659. The number of rotatable bonds is 7. The lowest BCUT2D eigenvalue weighted by molar-refractivity contribution is 0.0946. The number of carbonyl (C=O) groups is 1. The summed E-state index contributed by atoms with van der Waals surface area (Å²) in [5, 5.41) is 10.9. The number of aromatic nitrogens is 2. The van der Waals surface area contributed by atoms with E-state index in [2.05, 4.69) is 40.6 Å². The largest absolute Gasteiger partial charge is 0.349 e. The molecule has 3 rings (SSSR count). The second kappa shape index (κ2) is 7.90. The highest BCUT2D eigenvalue weighted by Crippen LogP contribution is 2.29. The summed E-state index contributed by atoms with van der Waals surface area (Å²) in [6, 6.07) is 6.33. The van der Waals surface area contributed by atoms with Gasteiger partial charge in [0.05, 0.1) is 16.6 Å². The van der Waals surface area contributed by atoms with Crippen molar-refractivity contribution < 1.29 is 4.79 Å². The zero-order chi connectivity index (χ0) is 18.8. The van der Waals surface area contributed by atoms with Gasteiger partial charge in [-0.05, 0) is 44.4 Å². The summed E-state index contributed by atoms with van der Waals surface area (Å²) >= 11 is 3.25. The number of hydrogen-bond acceptors (Lipinski definition) is 5. The molecule has 0 fully saturated rings. The summed E-state index contributed by atoms with van der Waals surface area (Å²) in [7, 11) is 4.08. The van der Waals surface area contributed by atoms with Crippen molar-refractivity contribution in [2.75, 3.05) is 20.6 Å². The molecule has 26 heavy (non-hydrogen) atoms. The fourth-order valence-electron chi connectivity index (χ4n) is 2.99. The van der Waals surface area contributed by atoms with E-state index >= 15 is 0 Å². The molecule has 1 unspecified atom stereocenters. The number of likely N-dealkylation sites (N-methyl/N-ethyl adjacent to an activating group) is 1. The van der Waals surface area contributed by atoms with E-state index in [1.807, 2.05) is 37.8 Å². The van der Waals surface area contributed by atoms with E-state index in [9.17, 15) is 4.79 Å². The van der Waals surface area contributed by atoms with Crippen LogP contribution < -0.4 is 5.32 Å². The Kier molecular flexibility index (Phi) is 5.79. The molecule has 0 aliphatic rings. The minimum Gasteiger partial charge on any atom is -0.349 e. The van der Waals surface area contributed by atoms with Crippen molar-refractivity contribution in [3.05, 3.63) is 39.0 Å². The number of hydrogen-bond donors (Lipinski definition) is 1. The first-order chi connectivity index (χ1) is 12.4. The summed E-state index contributed by atoms with van der Waals surface area (Å²) in [6.45, 7) is 7.82. The number of fused-ring (bicyclic) bond motifs is 1. The molecular weight excluding hydrogens is 364 g/mol. The highest BCUT2D eigenvalue weighted by molar-refractivity contribution is 7.20. The van der Waals surface area contributed by atoms with Crippen LogP contribution in [0.25, 0.3) is 10.2 Å². The molecule has 0 aromatic carbocycles. The minimum absolute atomic E-state index is 0.00916. The van der Waals surface area contributed by atoms with E-state index in [1.165, 1.54) is 16.2 Å². The fraction of sp³-hybridized carbons (Fsp3) is 0.474. The summed E-state index contributed by atoms with van der Waals surface area (Å²) in [4.78, 5) is 17.9. The van der Waals surface area contributed by atoms with Crippen LogP contribution in [-0.4, -0.2) is 41.2 Å². The van der Waals surface area contributed by atoms with E-state index < -0.39 is 0 Å². The molecular formula is C19H26N4OS2. The van der Waals surface area contributed by atoms with Crippen molar-refractivity contribution in [3.63, 3.8) is 0 Å². The first-order valence-electron chi connectivity index (χ1n) is 8.81. The van der Waals surface area contributed by atoms with Gasteiger partial charge in [-0.2, -0.15) is 5.10 Å². The normalized spacial score (nSPS) is 13.0. The van der Waals surface area contributed by atoms with Crippen molar-refractivity contribution in [2.45, 2.75) is 33.4 Å².